The Hall–Kier alpha value is -1.39. The molecule has 0 aliphatic rings. The molecule has 0 N–H and O–H groups in total. The average molecular weight is 307 g/mol. The molecule has 0 unspecified atom stereocenters. The summed E-state index contributed by atoms with van der Waals surface area (Å²) in [5.41, 5.74) is 3.18. The van der Waals surface area contributed by atoms with E-state index in [0.717, 1.165) is 41.7 Å². The van der Waals surface area contributed by atoms with Gasteiger partial charge in [-0.3, -0.25) is 14.6 Å². The molecule has 0 atom stereocenters. The van der Waals surface area contributed by atoms with E-state index in [1.807, 2.05) is 32.3 Å². The van der Waals surface area contributed by atoms with Gasteiger partial charge in [-0.05, 0) is 25.0 Å². The number of nitrogens with zero attached hydrogens (tertiary/aromatic N) is 4. The van der Waals surface area contributed by atoms with E-state index in [4.69, 9.17) is 11.6 Å². The number of pyridine rings is 1. The minimum atomic E-state index is 0.587. The molecule has 21 heavy (non-hydrogen) atoms. The van der Waals surface area contributed by atoms with Gasteiger partial charge in [0.25, 0.3) is 0 Å². The molecule has 2 rings (SSSR count). The molecule has 0 amide bonds. The SMILES string of the molecule is Cc1nn(C)c(Cl)c1CN(Cc1ccccn1)CC(C)C. The largest absolute Gasteiger partial charge is 0.293 e. The van der Waals surface area contributed by atoms with E-state index in [9.17, 15) is 0 Å². The first-order valence-corrected chi connectivity index (χ1v) is 7.65. The Morgan fingerprint density at radius 2 is 2.05 bits per heavy atom. The number of hydrogen-bond donors (Lipinski definition) is 0. The van der Waals surface area contributed by atoms with Crippen LogP contribution in [0.3, 0.4) is 0 Å². The molecule has 0 spiro atoms. The van der Waals surface area contributed by atoms with E-state index >= 15 is 0 Å². The van der Waals surface area contributed by atoms with Crippen LogP contribution in [0.2, 0.25) is 5.15 Å². The van der Waals surface area contributed by atoms with Gasteiger partial charge in [0.2, 0.25) is 0 Å². The minimum Gasteiger partial charge on any atom is -0.293 e. The maximum Gasteiger partial charge on any atom is 0.131 e. The van der Waals surface area contributed by atoms with E-state index < -0.39 is 0 Å². The summed E-state index contributed by atoms with van der Waals surface area (Å²) < 4.78 is 1.74. The summed E-state index contributed by atoms with van der Waals surface area (Å²) in [6.07, 6.45) is 1.84. The fraction of sp³-hybridized carbons (Fsp3) is 0.500. The highest BCUT2D eigenvalue weighted by atomic mass is 35.5. The normalized spacial score (nSPS) is 11.6. The topological polar surface area (TPSA) is 34.0 Å². The lowest BCUT2D eigenvalue weighted by molar-refractivity contribution is 0.225. The van der Waals surface area contributed by atoms with Crippen molar-refractivity contribution in [2.24, 2.45) is 13.0 Å². The van der Waals surface area contributed by atoms with Crippen LogP contribution in [-0.2, 0) is 20.1 Å². The zero-order valence-electron chi connectivity index (χ0n) is 13.2. The van der Waals surface area contributed by atoms with Gasteiger partial charge in [-0.15, -0.1) is 0 Å². The highest BCUT2D eigenvalue weighted by molar-refractivity contribution is 6.30. The van der Waals surface area contributed by atoms with Crippen molar-refractivity contribution in [2.45, 2.75) is 33.9 Å². The Morgan fingerprint density at radius 1 is 1.29 bits per heavy atom. The van der Waals surface area contributed by atoms with E-state index in [0.29, 0.717) is 5.92 Å². The zero-order valence-corrected chi connectivity index (χ0v) is 13.9. The van der Waals surface area contributed by atoms with Crippen molar-refractivity contribution < 1.29 is 0 Å². The van der Waals surface area contributed by atoms with Gasteiger partial charge < -0.3 is 0 Å². The Bertz CT molecular complexity index is 577. The summed E-state index contributed by atoms with van der Waals surface area (Å²) >= 11 is 6.36. The standard InChI is InChI=1S/C16H23ClN4/c1-12(2)9-21(10-14-7-5-6-8-18-14)11-15-13(3)19-20(4)16(15)17/h5-8,12H,9-11H2,1-4H3. The van der Waals surface area contributed by atoms with Crippen LogP contribution in [0.5, 0.6) is 0 Å². The van der Waals surface area contributed by atoms with Crippen LogP contribution in [0, 0.1) is 12.8 Å². The second kappa shape index (κ2) is 7.05. The van der Waals surface area contributed by atoms with Crippen LogP contribution in [0.1, 0.15) is 30.8 Å². The van der Waals surface area contributed by atoms with Crippen LogP contribution in [-0.4, -0.2) is 26.2 Å². The van der Waals surface area contributed by atoms with Gasteiger partial charge in [0.05, 0.1) is 11.4 Å². The van der Waals surface area contributed by atoms with E-state index in [1.54, 1.807) is 4.68 Å². The molecule has 4 nitrogen and oxygen atoms in total. The van der Waals surface area contributed by atoms with Gasteiger partial charge in [0.1, 0.15) is 5.15 Å². The first-order valence-electron chi connectivity index (χ1n) is 7.27. The maximum absolute atomic E-state index is 6.36. The minimum absolute atomic E-state index is 0.587. The smallest absolute Gasteiger partial charge is 0.131 e. The number of aromatic nitrogens is 3. The number of aryl methyl sites for hydroxylation is 2. The van der Waals surface area contributed by atoms with Gasteiger partial charge in [-0.25, -0.2) is 0 Å². The first-order chi connectivity index (χ1) is 9.97. The van der Waals surface area contributed by atoms with Crippen LogP contribution >= 0.6 is 11.6 Å². The lowest BCUT2D eigenvalue weighted by Gasteiger charge is -2.24. The van der Waals surface area contributed by atoms with Crippen LogP contribution in [0.15, 0.2) is 24.4 Å². The second-order valence-electron chi connectivity index (χ2n) is 5.86. The molecule has 0 aliphatic heterocycles. The van der Waals surface area contributed by atoms with Crippen molar-refractivity contribution in [3.63, 3.8) is 0 Å². The fourth-order valence-corrected chi connectivity index (χ4v) is 2.73. The van der Waals surface area contributed by atoms with Crippen molar-refractivity contribution in [2.75, 3.05) is 6.54 Å². The Kier molecular flexibility index (Phi) is 5.37. The molecule has 2 heterocycles. The molecule has 0 aliphatic carbocycles. The van der Waals surface area contributed by atoms with Gasteiger partial charge in [0, 0.05) is 38.4 Å². The highest BCUT2D eigenvalue weighted by Gasteiger charge is 2.16. The molecule has 0 fully saturated rings. The Labute approximate surface area is 131 Å². The maximum atomic E-state index is 6.36. The van der Waals surface area contributed by atoms with Crippen molar-refractivity contribution in [3.05, 3.63) is 46.5 Å². The molecule has 0 aromatic carbocycles. The summed E-state index contributed by atoms with van der Waals surface area (Å²) in [5, 5.41) is 5.12. The molecule has 2 aromatic heterocycles. The molecule has 0 saturated carbocycles. The third kappa shape index (κ3) is 4.29. The molecule has 5 heteroatoms. The van der Waals surface area contributed by atoms with E-state index in [2.05, 4.69) is 34.9 Å². The number of hydrogen-bond acceptors (Lipinski definition) is 3. The molecule has 0 bridgehead atoms. The molecule has 2 aromatic rings. The Balaban J connectivity index is 2.16. The van der Waals surface area contributed by atoms with Crippen molar-refractivity contribution in [1.29, 1.82) is 0 Å². The van der Waals surface area contributed by atoms with Crippen LogP contribution in [0.25, 0.3) is 0 Å². The lowest BCUT2D eigenvalue weighted by Crippen LogP contribution is -2.27. The van der Waals surface area contributed by atoms with Crippen LogP contribution in [0.4, 0.5) is 0 Å². The predicted molar refractivity (Wildman–Crippen MR) is 86.1 cm³/mol. The summed E-state index contributed by atoms with van der Waals surface area (Å²) in [7, 11) is 1.88. The zero-order chi connectivity index (χ0) is 15.4. The monoisotopic (exact) mass is 306 g/mol. The van der Waals surface area contributed by atoms with Gasteiger partial charge in [-0.2, -0.15) is 5.10 Å². The summed E-state index contributed by atoms with van der Waals surface area (Å²) in [6, 6.07) is 6.03. The predicted octanol–water partition coefficient (Wildman–Crippen LogP) is 3.44. The second-order valence-corrected chi connectivity index (χ2v) is 6.22. The highest BCUT2D eigenvalue weighted by Crippen LogP contribution is 2.21. The summed E-state index contributed by atoms with van der Waals surface area (Å²) in [6.45, 7) is 9.08. The average Bonchev–Trinajstić information content (AvgIpc) is 2.66. The third-order valence-corrected chi connectivity index (χ3v) is 3.86. The van der Waals surface area contributed by atoms with Gasteiger partial charge in [0.15, 0.2) is 0 Å². The Morgan fingerprint density at radius 3 is 2.57 bits per heavy atom. The van der Waals surface area contributed by atoms with Crippen LogP contribution < -0.4 is 0 Å². The first kappa shape index (κ1) is 16.0. The van der Waals surface area contributed by atoms with E-state index in [1.165, 1.54) is 0 Å². The number of halogens is 1. The van der Waals surface area contributed by atoms with E-state index in [-0.39, 0.29) is 0 Å². The summed E-state index contributed by atoms with van der Waals surface area (Å²) in [4.78, 5) is 6.80. The van der Waals surface area contributed by atoms with Crippen molar-refractivity contribution in [3.8, 4) is 0 Å². The number of rotatable bonds is 6. The molecular formula is C16H23ClN4. The quantitative estimate of drug-likeness (QED) is 0.820. The summed E-state index contributed by atoms with van der Waals surface area (Å²) in [5.74, 6) is 0.587. The van der Waals surface area contributed by atoms with Crippen molar-refractivity contribution in [1.82, 2.24) is 19.7 Å². The van der Waals surface area contributed by atoms with Crippen molar-refractivity contribution >= 4 is 11.6 Å². The van der Waals surface area contributed by atoms with Gasteiger partial charge in [-0.1, -0.05) is 31.5 Å². The molecule has 0 radical (unpaired) electrons. The molecule has 114 valence electrons. The lowest BCUT2D eigenvalue weighted by atomic mass is 10.1. The molecular weight excluding hydrogens is 284 g/mol. The fourth-order valence-electron chi connectivity index (χ4n) is 2.50. The molecule has 0 saturated heterocycles. The van der Waals surface area contributed by atoms with Gasteiger partial charge >= 0.3 is 0 Å². The third-order valence-electron chi connectivity index (χ3n) is 3.39.